The van der Waals surface area contributed by atoms with Gasteiger partial charge in [-0.25, -0.2) is 0 Å². The van der Waals surface area contributed by atoms with Crippen molar-refractivity contribution in [3.63, 3.8) is 0 Å². The van der Waals surface area contributed by atoms with E-state index in [2.05, 4.69) is 61.0 Å². The maximum Gasteiger partial charge on any atom is 0.0177 e. The van der Waals surface area contributed by atoms with Crippen LogP contribution < -0.4 is 5.73 Å². The van der Waals surface area contributed by atoms with Crippen molar-refractivity contribution in [1.82, 2.24) is 0 Å². The normalized spacial score (nSPS) is 28.4. The molecule has 0 saturated heterocycles. The number of benzene rings is 1. The fourth-order valence-corrected chi connectivity index (χ4v) is 3.72. The van der Waals surface area contributed by atoms with Crippen LogP contribution in [-0.2, 0) is 6.42 Å². The standard InChI is InChI=1S/C17H26BrN/c1-17(2,3)14-7-8-16(19)13(11-14)9-12-5-4-6-15(18)10-12/h4-6,10,13-14,16H,7-9,11,19H2,1-3H3. The second-order valence-electron chi connectivity index (χ2n) is 7.13. The molecule has 1 aliphatic carbocycles. The Kier molecular flexibility index (Phi) is 4.73. The van der Waals surface area contributed by atoms with Crippen LogP contribution in [0.4, 0.5) is 0 Å². The molecular formula is C17H26BrN. The SMILES string of the molecule is CC(C)(C)C1CCC(N)C(Cc2cccc(Br)c2)C1. The molecule has 0 radical (unpaired) electrons. The molecule has 2 N–H and O–H groups in total. The van der Waals surface area contributed by atoms with Gasteiger partial charge in [-0.2, -0.15) is 0 Å². The first-order chi connectivity index (χ1) is 8.86. The highest BCUT2D eigenvalue weighted by Gasteiger charge is 2.34. The molecule has 1 aliphatic rings. The molecule has 0 aliphatic heterocycles. The van der Waals surface area contributed by atoms with Crippen LogP contribution in [0.2, 0.25) is 0 Å². The van der Waals surface area contributed by atoms with Gasteiger partial charge in [0.25, 0.3) is 0 Å². The molecule has 3 atom stereocenters. The van der Waals surface area contributed by atoms with Gasteiger partial charge in [-0.1, -0.05) is 48.8 Å². The van der Waals surface area contributed by atoms with Gasteiger partial charge in [0.15, 0.2) is 0 Å². The van der Waals surface area contributed by atoms with Gasteiger partial charge in [0.05, 0.1) is 0 Å². The van der Waals surface area contributed by atoms with Gasteiger partial charge in [0.1, 0.15) is 0 Å². The summed E-state index contributed by atoms with van der Waals surface area (Å²) in [5.74, 6) is 1.44. The quantitative estimate of drug-likeness (QED) is 0.832. The molecule has 106 valence electrons. The van der Waals surface area contributed by atoms with Crippen LogP contribution in [0.1, 0.15) is 45.6 Å². The fourth-order valence-electron chi connectivity index (χ4n) is 3.28. The second-order valence-corrected chi connectivity index (χ2v) is 8.05. The molecule has 0 spiro atoms. The lowest BCUT2D eigenvalue weighted by Gasteiger charge is -2.40. The first-order valence-electron chi connectivity index (χ1n) is 7.36. The van der Waals surface area contributed by atoms with Crippen molar-refractivity contribution in [2.75, 3.05) is 0 Å². The average Bonchev–Trinajstić information content (AvgIpc) is 2.30. The summed E-state index contributed by atoms with van der Waals surface area (Å²) in [6.45, 7) is 7.10. The third-order valence-electron chi connectivity index (χ3n) is 4.65. The maximum atomic E-state index is 6.36. The van der Waals surface area contributed by atoms with E-state index in [1.54, 1.807) is 0 Å². The second kappa shape index (κ2) is 5.97. The topological polar surface area (TPSA) is 26.0 Å². The Balaban J connectivity index is 2.05. The monoisotopic (exact) mass is 323 g/mol. The zero-order valence-corrected chi connectivity index (χ0v) is 13.9. The van der Waals surface area contributed by atoms with Crippen LogP contribution in [0.15, 0.2) is 28.7 Å². The summed E-state index contributed by atoms with van der Waals surface area (Å²) in [7, 11) is 0. The van der Waals surface area contributed by atoms with Crippen LogP contribution in [0, 0.1) is 17.3 Å². The summed E-state index contributed by atoms with van der Waals surface area (Å²) in [5, 5.41) is 0. The molecule has 1 nitrogen and oxygen atoms in total. The highest BCUT2D eigenvalue weighted by molar-refractivity contribution is 9.10. The van der Waals surface area contributed by atoms with E-state index in [1.165, 1.54) is 29.3 Å². The van der Waals surface area contributed by atoms with Gasteiger partial charge in [-0.15, -0.1) is 0 Å². The Bertz CT molecular complexity index is 422. The predicted molar refractivity (Wildman–Crippen MR) is 86.1 cm³/mol. The first-order valence-corrected chi connectivity index (χ1v) is 8.15. The molecule has 0 heterocycles. The number of nitrogens with two attached hydrogens (primary N) is 1. The highest BCUT2D eigenvalue weighted by Crippen LogP contribution is 2.40. The van der Waals surface area contributed by atoms with E-state index in [9.17, 15) is 0 Å². The first kappa shape index (κ1) is 15.1. The van der Waals surface area contributed by atoms with Crippen molar-refractivity contribution >= 4 is 15.9 Å². The minimum absolute atomic E-state index is 0.373. The van der Waals surface area contributed by atoms with Gasteiger partial charge in [-0.05, 0) is 60.6 Å². The molecule has 1 aromatic carbocycles. The van der Waals surface area contributed by atoms with Crippen LogP contribution in [-0.4, -0.2) is 6.04 Å². The zero-order valence-electron chi connectivity index (χ0n) is 12.3. The minimum atomic E-state index is 0.373. The lowest BCUT2D eigenvalue weighted by molar-refractivity contribution is 0.127. The summed E-state index contributed by atoms with van der Waals surface area (Å²) < 4.78 is 1.17. The Morgan fingerprint density at radius 1 is 1.26 bits per heavy atom. The lowest BCUT2D eigenvalue weighted by Crippen LogP contribution is -2.40. The van der Waals surface area contributed by atoms with Crippen molar-refractivity contribution in [2.24, 2.45) is 23.0 Å². The molecule has 0 amide bonds. The molecule has 19 heavy (non-hydrogen) atoms. The Morgan fingerprint density at radius 3 is 2.63 bits per heavy atom. The van der Waals surface area contributed by atoms with Crippen molar-refractivity contribution in [3.05, 3.63) is 34.3 Å². The Labute approximate surface area is 126 Å². The molecule has 1 aromatic rings. The van der Waals surface area contributed by atoms with E-state index < -0.39 is 0 Å². The van der Waals surface area contributed by atoms with Crippen molar-refractivity contribution < 1.29 is 0 Å². The molecule has 1 saturated carbocycles. The van der Waals surface area contributed by atoms with Crippen molar-refractivity contribution in [3.8, 4) is 0 Å². The van der Waals surface area contributed by atoms with Crippen molar-refractivity contribution in [1.29, 1.82) is 0 Å². The van der Waals surface area contributed by atoms with E-state index in [1.807, 2.05) is 0 Å². The third kappa shape index (κ3) is 4.06. The third-order valence-corrected chi connectivity index (χ3v) is 5.15. The Hall–Kier alpha value is -0.340. The van der Waals surface area contributed by atoms with Gasteiger partial charge >= 0.3 is 0 Å². The van der Waals surface area contributed by atoms with E-state index >= 15 is 0 Å². The smallest absolute Gasteiger partial charge is 0.0177 e. The van der Waals surface area contributed by atoms with E-state index in [-0.39, 0.29) is 0 Å². The zero-order chi connectivity index (χ0) is 14.0. The van der Waals surface area contributed by atoms with Gasteiger partial charge in [0, 0.05) is 10.5 Å². The summed E-state index contributed by atoms with van der Waals surface area (Å²) in [5.41, 5.74) is 8.18. The van der Waals surface area contributed by atoms with E-state index in [0.29, 0.717) is 17.4 Å². The average molecular weight is 324 g/mol. The molecule has 2 heteroatoms. The van der Waals surface area contributed by atoms with Crippen LogP contribution >= 0.6 is 15.9 Å². The number of hydrogen-bond acceptors (Lipinski definition) is 1. The highest BCUT2D eigenvalue weighted by atomic mass is 79.9. The minimum Gasteiger partial charge on any atom is -0.327 e. The van der Waals surface area contributed by atoms with E-state index in [4.69, 9.17) is 5.73 Å². The molecule has 0 aromatic heterocycles. The Morgan fingerprint density at radius 2 is 2.00 bits per heavy atom. The van der Waals surface area contributed by atoms with Gasteiger partial charge < -0.3 is 5.73 Å². The summed E-state index contributed by atoms with van der Waals surface area (Å²) in [6, 6.07) is 9.03. The number of hydrogen-bond donors (Lipinski definition) is 1. The molecule has 1 fully saturated rings. The molecule has 3 unspecified atom stereocenters. The maximum absolute atomic E-state index is 6.36. The largest absolute Gasteiger partial charge is 0.327 e. The number of rotatable bonds is 2. The van der Waals surface area contributed by atoms with Gasteiger partial charge in [-0.3, -0.25) is 0 Å². The fraction of sp³-hybridized carbons (Fsp3) is 0.647. The lowest BCUT2D eigenvalue weighted by atomic mass is 9.66. The van der Waals surface area contributed by atoms with Crippen LogP contribution in [0.3, 0.4) is 0 Å². The van der Waals surface area contributed by atoms with Gasteiger partial charge in [0.2, 0.25) is 0 Å². The molecular weight excluding hydrogens is 298 g/mol. The number of halogens is 1. The summed E-state index contributed by atoms with van der Waals surface area (Å²) >= 11 is 3.55. The van der Waals surface area contributed by atoms with Crippen LogP contribution in [0.5, 0.6) is 0 Å². The van der Waals surface area contributed by atoms with Crippen molar-refractivity contribution in [2.45, 2.75) is 52.5 Å². The summed E-state index contributed by atoms with van der Waals surface area (Å²) in [4.78, 5) is 0. The predicted octanol–water partition coefficient (Wildman–Crippen LogP) is 4.78. The van der Waals surface area contributed by atoms with Crippen LogP contribution in [0.25, 0.3) is 0 Å². The molecule has 2 rings (SSSR count). The summed E-state index contributed by atoms with van der Waals surface area (Å²) in [6.07, 6.45) is 4.87. The molecule has 0 bridgehead atoms. The van der Waals surface area contributed by atoms with E-state index in [0.717, 1.165) is 12.3 Å².